The van der Waals surface area contributed by atoms with Crippen LogP contribution >= 0.6 is 27.5 Å². The fraction of sp³-hybridized carbons (Fsp3) is 0.333. The molecule has 0 fully saturated rings. The molecular weight excluding hydrogens is 288 g/mol. The number of nitrogens with zero attached hydrogens (tertiary/aromatic N) is 1. The van der Waals surface area contributed by atoms with Crippen LogP contribution in [0.15, 0.2) is 22.7 Å². The zero-order valence-electron chi connectivity index (χ0n) is 9.35. The van der Waals surface area contributed by atoms with Gasteiger partial charge in [-0.25, -0.2) is 0 Å². The lowest BCUT2D eigenvalue weighted by Crippen LogP contribution is -2.12. The third-order valence-electron chi connectivity index (χ3n) is 2.83. The van der Waals surface area contributed by atoms with Gasteiger partial charge in [0.05, 0.1) is 0 Å². The van der Waals surface area contributed by atoms with E-state index in [2.05, 4.69) is 38.9 Å². The van der Waals surface area contributed by atoms with E-state index in [4.69, 9.17) is 11.6 Å². The van der Waals surface area contributed by atoms with Gasteiger partial charge < -0.3 is 9.88 Å². The summed E-state index contributed by atoms with van der Waals surface area (Å²) in [7, 11) is 4.05. The topological polar surface area (TPSA) is 17.0 Å². The second-order valence-corrected chi connectivity index (χ2v) is 5.06. The Kier molecular flexibility index (Phi) is 3.57. The minimum atomic E-state index is 0.777. The highest BCUT2D eigenvalue weighted by Gasteiger charge is 2.12. The van der Waals surface area contributed by atoms with Gasteiger partial charge in [0.15, 0.2) is 0 Å². The van der Waals surface area contributed by atoms with Crippen LogP contribution in [0.2, 0.25) is 5.02 Å². The van der Waals surface area contributed by atoms with E-state index in [1.165, 1.54) is 16.6 Å². The highest BCUT2D eigenvalue weighted by atomic mass is 79.9. The Morgan fingerprint density at radius 3 is 2.88 bits per heavy atom. The van der Waals surface area contributed by atoms with Crippen LogP contribution < -0.4 is 5.32 Å². The molecule has 1 aromatic carbocycles. The maximum atomic E-state index is 6.01. The van der Waals surface area contributed by atoms with Gasteiger partial charge in [-0.1, -0.05) is 11.6 Å². The molecule has 1 N–H and O–H groups in total. The highest BCUT2D eigenvalue weighted by Crippen LogP contribution is 2.32. The van der Waals surface area contributed by atoms with E-state index in [-0.39, 0.29) is 0 Å². The number of rotatable bonds is 3. The van der Waals surface area contributed by atoms with Crippen LogP contribution in [0.3, 0.4) is 0 Å². The Morgan fingerprint density at radius 1 is 1.44 bits per heavy atom. The Balaban J connectivity index is 2.57. The zero-order chi connectivity index (χ0) is 11.7. The number of hydrogen-bond acceptors (Lipinski definition) is 1. The molecule has 0 saturated heterocycles. The van der Waals surface area contributed by atoms with Gasteiger partial charge in [0.2, 0.25) is 0 Å². The SMILES string of the molecule is CNCCc1c(Br)c2cc(Cl)ccc2n1C. The van der Waals surface area contributed by atoms with E-state index >= 15 is 0 Å². The Bertz CT molecular complexity index is 519. The van der Waals surface area contributed by atoms with E-state index in [1.54, 1.807) is 0 Å². The molecule has 0 radical (unpaired) electrons. The quantitative estimate of drug-likeness (QED) is 0.920. The summed E-state index contributed by atoms with van der Waals surface area (Å²) < 4.78 is 3.37. The van der Waals surface area contributed by atoms with Crippen molar-refractivity contribution in [3.63, 3.8) is 0 Å². The molecule has 0 bridgehead atoms. The van der Waals surface area contributed by atoms with Gasteiger partial charge in [-0.05, 0) is 41.2 Å². The highest BCUT2D eigenvalue weighted by molar-refractivity contribution is 9.10. The zero-order valence-corrected chi connectivity index (χ0v) is 11.7. The number of fused-ring (bicyclic) bond motifs is 1. The molecule has 4 heteroatoms. The molecule has 2 nitrogen and oxygen atoms in total. The van der Waals surface area contributed by atoms with Crippen molar-refractivity contribution < 1.29 is 0 Å². The van der Waals surface area contributed by atoms with Crippen molar-refractivity contribution in [3.8, 4) is 0 Å². The molecule has 2 rings (SSSR count). The molecule has 0 atom stereocenters. The smallest absolute Gasteiger partial charge is 0.0492 e. The van der Waals surface area contributed by atoms with E-state index in [1.807, 2.05) is 19.2 Å². The largest absolute Gasteiger partial charge is 0.346 e. The minimum Gasteiger partial charge on any atom is -0.346 e. The first kappa shape index (κ1) is 12.0. The molecule has 1 heterocycles. The minimum absolute atomic E-state index is 0.777. The second kappa shape index (κ2) is 4.78. The maximum Gasteiger partial charge on any atom is 0.0492 e. The van der Waals surface area contributed by atoms with Crippen molar-refractivity contribution in [3.05, 3.63) is 33.4 Å². The number of aryl methyl sites for hydroxylation is 1. The summed E-state index contributed by atoms with van der Waals surface area (Å²) in [5.74, 6) is 0. The van der Waals surface area contributed by atoms with Crippen molar-refractivity contribution >= 4 is 38.4 Å². The van der Waals surface area contributed by atoms with Crippen LogP contribution in [0.5, 0.6) is 0 Å². The van der Waals surface area contributed by atoms with E-state index in [0.29, 0.717) is 0 Å². The molecule has 0 spiro atoms. The van der Waals surface area contributed by atoms with Gasteiger partial charge in [-0.3, -0.25) is 0 Å². The molecule has 2 aromatic rings. The summed E-state index contributed by atoms with van der Waals surface area (Å²) >= 11 is 9.67. The van der Waals surface area contributed by atoms with Crippen LogP contribution in [-0.2, 0) is 13.5 Å². The predicted molar refractivity (Wildman–Crippen MR) is 73.3 cm³/mol. The van der Waals surface area contributed by atoms with E-state index in [0.717, 1.165) is 22.5 Å². The summed E-state index contributed by atoms with van der Waals surface area (Å²) in [6.07, 6.45) is 1.000. The van der Waals surface area contributed by atoms with Crippen LogP contribution in [0.25, 0.3) is 10.9 Å². The van der Waals surface area contributed by atoms with Crippen molar-refractivity contribution in [2.45, 2.75) is 6.42 Å². The fourth-order valence-electron chi connectivity index (χ4n) is 1.95. The predicted octanol–water partition coefficient (Wildman–Crippen LogP) is 3.36. The van der Waals surface area contributed by atoms with Gasteiger partial charge in [0.25, 0.3) is 0 Å². The van der Waals surface area contributed by atoms with Crippen LogP contribution in [0.1, 0.15) is 5.69 Å². The molecule has 0 aliphatic carbocycles. The summed E-state index contributed by atoms with van der Waals surface area (Å²) in [5, 5.41) is 5.12. The summed E-state index contributed by atoms with van der Waals surface area (Å²) in [4.78, 5) is 0. The molecule has 0 aliphatic heterocycles. The lowest BCUT2D eigenvalue weighted by molar-refractivity contribution is 0.743. The van der Waals surface area contributed by atoms with Crippen LogP contribution in [-0.4, -0.2) is 18.2 Å². The van der Waals surface area contributed by atoms with Crippen LogP contribution in [0, 0.1) is 0 Å². The summed E-state index contributed by atoms with van der Waals surface area (Å²) in [6.45, 7) is 0.969. The van der Waals surface area contributed by atoms with Crippen molar-refractivity contribution in [2.75, 3.05) is 13.6 Å². The van der Waals surface area contributed by atoms with Crippen molar-refractivity contribution in [2.24, 2.45) is 7.05 Å². The van der Waals surface area contributed by atoms with E-state index in [9.17, 15) is 0 Å². The first-order valence-electron chi connectivity index (χ1n) is 5.22. The molecule has 1 aromatic heterocycles. The average Bonchev–Trinajstić information content (AvgIpc) is 2.50. The summed E-state index contributed by atoms with van der Waals surface area (Å²) in [5.41, 5.74) is 2.51. The van der Waals surface area contributed by atoms with Gasteiger partial charge in [-0.2, -0.15) is 0 Å². The van der Waals surface area contributed by atoms with Gasteiger partial charge in [0.1, 0.15) is 0 Å². The van der Waals surface area contributed by atoms with Gasteiger partial charge in [0, 0.05) is 46.1 Å². The van der Waals surface area contributed by atoms with Crippen molar-refractivity contribution in [1.29, 1.82) is 0 Å². The third kappa shape index (κ3) is 1.99. The maximum absolute atomic E-state index is 6.01. The van der Waals surface area contributed by atoms with Gasteiger partial charge >= 0.3 is 0 Å². The number of aromatic nitrogens is 1. The normalized spacial score (nSPS) is 11.2. The Hall–Kier alpha value is -0.510. The molecule has 0 saturated carbocycles. The monoisotopic (exact) mass is 300 g/mol. The lowest BCUT2D eigenvalue weighted by Gasteiger charge is -2.04. The lowest BCUT2D eigenvalue weighted by atomic mass is 10.2. The number of hydrogen-bond donors (Lipinski definition) is 1. The first-order valence-corrected chi connectivity index (χ1v) is 6.39. The van der Waals surface area contributed by atoms with E-state index < -0.39 is 0 Å². The molecule has 86 valence electrons. The van der Waals surface area contributed by atoms with Crippen LogP contribution in [0.4, 0.5) is 0 Å². The second-order valence-electron chi connectivity index (χ2n) is 3.83. The number of benzene rings is 1. The molecule has 0 amide bonds. The molecule has 0 aliphatic rings. The standard InChI is InChI=1S/C12H14BrClN2/c1-15-6-5-11-12(13)9-7-8(14)3-4-10(9)16(11)2/h3-4,7,15H,5-6H2,1-2H3. The number of halogens is 2. The fourth-order valence-corrected chi connectivity index (χ4v) is 2.90. The van der Waals surface area contributed by atoms with Gasteiger partial charge in [-0.15, -0.1) is 0 Å². The molecule has 16 heavy (non-hydrogen) atoms. The summed E-state index contributed by atoms with van der Waals surface area (Å²) in [6, 6.07) is 5.99. The Labute approximate surface area is 109 Å². The number of likely N-dealkylation sites (N-methyl/N-ethyl adjacent to an activating group) is 1. The van der Waals surface area contributed by atoms with Crippen molar-refractivity contribution in [1.82, 2.24) is 9.88 Å². The Morgan fingerprint density at radius 2 is 2.19 bits per heavy atom. The molecular formula is C12H14BrClN2. The molecule has 0 unspecified atom stereocenters. The third-order valence-corrected chi connectivity index (χ3v) is 3.95. The first-order chi connectivity index (χ1) is 7.65. The number of nitrogens with one attached hydrogen (secondary N) is 1. The average molecular weight is 302 g/mol.